The highest BCUT2D eigenvalue weighted by Gasteiger charge is 2.54. The number of carbonyl (C=O) groups is 1. The minimum atomic E-state index is -1.48. The second kappa shape index (κ2) is 4.61. The van der Waals surface area contributed by atoms with E-state index in [0.29, 0.717) is 19.8 Å². The first kappa shape index (κ1) is 13.4. The van der Waals surface area contributed by atoms with Crippen molar-refractivity contribution in [3.05, 3.63) is 35.2 Å². The fourth-order valence-corrected chi connectivity index (χ4v) is 3.49. The zero-order chi connectivity index (χ0) is 14.5. The predicted octanol–water partition coefficient (Wildman–Crippen LogP) is 2.75. The third-order valence-corrected chi connectivity index (χ3v) is 4.95. The maximum atomic E-state index is 12.6. The molecule has 2 aromatic rings. The highest BCUT2D eigenvalue weighted by atomic mass is 32.1. The molecule has 3 aliphatic heterocycles. The molecule has 21 heavy (non-hydrogen) atoms. The van der Waals surface area contributed by atoms with Crippen molar-refractivity contribution in [2.75, 3.05) is 19.8 Å². The molecule has 0 amide bonds. The highest BCUT2D eigenvalue weighted by molar-refractivity contribution is 7.17. The lowest BCUT2D eigenvalue weighted by Gasteiger charge is -2.49. The van der Waals surface area contributed by atoms with E-state index < -0.39 is 5.97 Å². The standard InChI is InChI=1S/C16H16O4S/c1-15-8-18-16(19-9-15,20-10-15)14(17)7-11-2-3-13-12(6-11)4-5-21-13/h2-6H,7-10H2,1H3. The lowest BCUT2D eigenvalue weighted by Crippen LogP contribution is -2.62. The van der Waals surface area contributed by atoms with Crippen molar-refractivity contribution in [3.63, 3.8) is 0 Å². The minimum Gasteiger partial charge on any atom is -0.320 e. The number of fused-ring (bicyclic) bond motifs is 4. The summed E-state index contributed by atoms with van der Waals surface area (Å²) in [5.74, 6) is -1.65. The second-order valence-electron chi connectivity index (χ2n) is 6.13. The molecule has 4 heterocycles. The first-order valence-corrected chi connectivity index (χ1v) is 7.88. The Morgan fingerprint density at radius 2 is 1.90 bits per heavy atom. The number of thiophene rings is 1. The van der Waals surface area contributed by atoms with Crippen LogP contribution >= 0.6 is 11.3 Å². The summed E-state index contributed by atoms with van der Waals surface area (Å²) in [5.41, 5.74) is 0.826. The smallest absolute Gasteiger partial charge is 0.320 e. The maximum absolute atomic E-state index is 12.6. The number of ether oxygens (including phenoxy) is 3. The van der Waals surface area contributed by atoms with E-state index in [1.165, 1.54) is 4.70 Å². The van der Waals surface area contributed by atoms with Crippen LogP contribution in [0.1, 0.15) is 12.5 Å². The van der Waals surface area contributed by atoms with Crippen LogP contribution in [-0.2, 0) is 25.4 Å². The minimum absolute atomic E-state index is 0.127. The number of carbonyl (C=O) groups excluding carboxylic acids is 1. The monoisotopic (exact) mass is 304 g/mol. The van der Waals surface area contributed by atoms with E-state index in [1.54, 1.807) is 11.3 Å². The Labute approximate surface area is 126 Å². The van der Waals surface area contributed by atoms with Crippen molar-refractivity contribution < 1.29 is 19.0 Å². The van der Waals surface area contributed by atoms with Crippen LogP contribution in [0.5, 0.6) is 0 Å². The predicted molar refractivity (Wildman–Crippen MR) is 79.2 cm³/mol. The third-order valence-electron chi connectivity index (χ3n) is 4.05. The van der Waals surface area contributed by atoms with Crippen LogP contribution in [0.25, 0.3) is 10.1 Å². The van der Waals surface area contributed by atoms with E-state index in [1.807, 2.05) is 30.5 Å². The van der Waals surface area contributed by atoms with Crippen LogP contribution in [-0.4, -0.2) is 31.6 Å². The quantitative estimate of drug-likeness (QED) is 0.874. The van der Waals surface area contributed by atoms with E-state index in [4.69, 9.17) is 14.2 Å². The summed E-state index contributed by atoms with van der Waals surface area (Å²) in [4.78, 5) is 12.6. The molecule has 5 heteroatoms. The van der Waals surface area contributed by atoms with Gasteiger partial charge in [0, 0.05) is 16.5 Å². The number of hydrogen-bond donors (Lipinski definition) is 0. The third kappa shape index (κ3) is 2.21. The van der Waals surface area contributed by atoms with Crippen LogP contribution in [0.4, 0.5) is 0 Å². The molecule has 3 saturated heterocycles. The van der Waals surface area contributed by atoms with Gasteiger partial charge in [-0.05, 0) is 34.5 Å². The molecule has 0 aliphatic carbocycles. The van der Waals surface area contributed by atoms with Crippen molar-refractivity contribution in [2.45, 2.75) is 19.3 Å². The zero-order valence-corrected chi connectivity index (χ0v) is 12.6. The van der Waals surface area contributed by atoms with Gasteiger partial charge < -0.3 is 14.2 Å². The van der Waals surface area contributed by atoms with Gasteiger partial charge in [0.25, 0.3) is 0 Å². The van der Waals surface area contributed by atoms with Crippen LogP contribution in [0, 0.1) is 5.41 Å². The van der Waals surface area contributed by atoms with E-state index in [9.17, 15) is 4.79 Å². The van der Waals surface area contributed by atoms with Crippen molar-refractivity contribution in [2.24, 2.45) is 5.41 Å². The fourth-order valence-electron chi connectivity index (χ4n) is 2.72. The Hall–Kier alpha value is -1.27. The molecule has 0 radical (unpaired) electrons. The number of rotatable bonds is 3. The molecule has 0 spiro atoms. The Morgan fingerprint density at radius 1 is 1.19 bits per heavy atom. The summed E-state index contributed by atoms with van der Waals surface area (Å²) in [6.07, 6.45) is 0.252. The lowest BCUT2D eigenvalue weighted by atomic mass is 9.91. The molecule has 110 valence electrons. The van der Waals surface area contributed by atoms with Crippen molar-refractivity contribution in [1.82, 2.24) is 0 Å². The van der Waals surface area contributed by atoms with Crippen LogP contribution in [0.15, 0.2) is 29.6 Å². The van der Waals surface area contributed by atoms with Gasteiger partial charge in [0.1, 0.15) is 0 Å². The normalized spacial score (nSPS) is 31.7. The number of Topliss-reactive ketones (excluding diaryl/α,β-unsaturated/α-hetero) is 1. The van der Waals surface area contributed by atoms with Crippen molar-refractivity contribution in [1.29, 1.82) is 0 Å². The molecule has 0 N–H and O–H groups in total. The molecular weight excluding hydrogens is 288 g/mol. The summed E-state index contributed by atoms with van der Waals surface area (Å²) in [6.45, 7) is 3.54. The molecule has 1 aromatic heterocycles. The Kier molecular flexibility index (Phi) is 2.94. The van der Waals surface area contributed by atoms with Crippen LogP contribution < -0.4 is 0 Å². The van der Waals surface area contributed by atoms with Gasteiger partial charge in [-0.2, -0.15) is 0 Å². The molecule has 4 nitrogen and oxygen atoms in total. The first-order chi connectivity index (χ1) is 10.1. The lowest BCUT2D eigenvalue weighted by molar-refractivity contribution is -0.439. The van der Waals surface area contributed by atoms with Gasteiger partial charge in [-0.25, -0.2) is 0 Å². The molecular formula is C16H16O4S. The molecule has 0 unspecified atom stereocenters. The number of ketones is 1. The Bertz CT molecular complexity index is 681. The average molecular weight is 304 g/mol. The van der Waals surface area contributed by atoms with Crippen LogP contribution in [0.3, 0.4) is 0 Å². The number of hydrogen-bond acceptors (Lipinski definition) is 5. The topological polar surface area (TPSA) is 44.8 Å². The summed E-state index contributed by atoms with van der Waals surface area (Å²) in [5, 5.41) is 3.21. The average Bonchev–Trinajstić information content (AvgIpc) is 2.96. The summed E-state index contributed by atoms with van der Waals surface area (Å²) in [6, 6.07) is 8.11. The van der Waals surface area contributed by atoms with E-state index in [0.717, 1.165) is 10.9 Å². The second-order valence-corrected chi connectivity index (χ2v) is 7.07. The Balaban J connectivity index is 1.55. The molecule has 3 fully saturated rings. The van der Waals surface area contributed by atoms with Gasteiger partial charge >= 0.3 is 5.97 Å². The molecule has 0 atom stereocenters. The molecule has 0 saturated carbocycles. The van der Waals surface area contributed by atoms with E-state index >= 15 is 0 Å². The molecule has 2 bridgehead atoms. The fraction of sp³-hybridized carbons (Fsp3) is 0.438. The van der Waals surface area contributed by atoms with Gasteiger partial charge in [0.15, 0.2) is 0 Å². The SMILES string of the molecule is CC12COC(C(=O)Cc3ccc4sccc4c3)(OC1)OC2. The van der Waals surface area contributed by atoms with Gasteiger partial charge in [0.05, 0.1) is 19.8 Å². The zero-order valence-electron chi connectivity index (χ0n) is 11.8. The molecule has 5 rings (SSSR count). The van der Waals surface area contributed by atoms with Crippen LogP contribution in [0.2, 0.25) is 0 Å². The summed E-state index contributed by atoms with van der Waals surface area (Å²) < 4.78 is 18.0. The van der Waals surface area contributed by atoms with E-state index in [2.05, 4.69) is 6.07 Å². The van der Waals surface area contributed by atoms with Gasteiger partial charge in [-0.1, -0.05) is 13.0 Å². The summed E-state index contributed by atoms with van der Waals surface area (Å²) in [7, 11) is 0. The highest BCUT2D eigenvalue weighted by Crippen LogP contribution is 2.39. The van der Waals surface area contributed by atoms with E-state index in [-0.39, 0.29) is 17.6 Å². The van der Waals surface area contributed by atoms with Gasteiger partial charge in [0.2, 0.25) is 5.78 Å². The Morgan fingerprint density at radius 3 is 2.62 bits per heavy atom. The van der Waals surface area contributed by atoms with Crippen molar-refractivity contribution >= 4 is 27.2 Å². The van der Waals surface area contributed by atoms with Gasteiger partial charge in [-0.3, -0.25) is 4.79 Å². The van der Waals surface area contributed by atoms with Crippen molar-refractivity contribution in [3.8, 4) is 0 Å². The first-order valence-electron chi connectivity index (χ1n) is 7.00. The maximum Gasteiger partial charge on any atom is 0.347 e. The van der Waals surface area contributed by atoms with Gasteiger partial charge in [-0.15, -0.1) is 11.3 Å². The number of benzene rings is 1. The molecule has 3 aliphatic rings. The molecule has 1 aromatic carbocycles. The summed E-state index contributed by atoms with van der Waals surface area (Å²) >= 11 is 1.69. The largest absolute Gasteiger partial charge is 0.347 e.